The maximum Gasteiger partial charge on any atom is 0.136 e. The number of hydrogen-bond donors (Lipinski definition) is 1. The Balaban J connectivity index is 1.49. The van der Waals surface area contributed by atoms with Gasteiger partial charge in [-0.25, -0.2) is 0 Å². The molecule has 0 saturated carbocycles. The Bertz CT molecular complexity index is 1590. The van der Waals surface area contributed by atoms with E-state index in [0.29, 0.717) is 0 Å². The molecule has 1 nitrogen and oxygen atoms in total. The number of allylic oxidation sites excluding steroid dienone is 10. The van der Waals surface area contributed by atoms with Crippen LogP contribution in [0.15, 0.2) is 131 Å². The van der Waals surface area contributed by atoms with E-state index in [1.54, 1.807) is 0 Å². The second kappa shape index (κ2) is 7.99. The fraction of sp³-hybridized carbons (Fsp3) is 0.0323. The maximum atomic E-state index is 6.15. The zero-order chi connectivity index (χ0) is 22.4. The molecule has 2 aliphatic rings. The Morgan fingerprint density at radius 1 is 0.909 bits per heavy atom. The van der Waals surface area contributed by atoms with Crippen LogP contribution >= 0.6 is 12.6 Å². The van der Waals surface area contributed by atoms with Gasteiger partial charge in [0.15, 0.2) is 0 Å². The number of para-hydroxylation sites is 1. The largest absolute Gasteiger partial charge is 0.456 e. The molecule has 0 bridgehead atoms. The predicted octanol–water partition coefficient (Wildman–Crippen LogP) is 8.56. The Morgan fingerprint density at radius 3 is 2.70 bits per heavy atom. The average Bonchev–Trinajstić information content (AvgIpc) is 3.47. The van der Waals surface area contributed by atoms with Crippen molar-refractivity contribution in [2.45, 2.75) is 4.90 Å². The van der Waals surface area contributed by atoms with Gasteiger partial charge >= 0.3 is 0 Å². The molecule has 3 aromatic carbocycles. The van der Waals surface area contributed by atoms with E-state index in [1.807, 2.05) is 24.3 Å². The molecule has 0 fully saturated rings. The van der Waals surface area contributed by atoms with Gasteiger partial charge in [-0.15, -0.1) is 12.6 Å². The van der Waals surface area contributed by atoms with Crippen LogP contribution in [0.25, 0.3) is 33.1 Å². The van der Waals surface area contributed by atoms with Crippen molar-refractivity contribution in [3.05, 3.63) is 138 Å². The first-order valence-corrected chi connectivity index (χ1v) is 11.5. The first-order valence-electron chi connectivity index (χ1n) is 11.1. The smallest absolute Gasteiger partial charge is 0.136 e. The summed E-state index contributed by atoms with van der Waals surface area (Å²) in [7, 11) is 0. The fourth-order valence-electron chi connectivity index (χ4n) is 4.91. The van der Waals surface area contributed by atoms with Crippen LogP contribution < -0.4 is 0 Å². The van der Waals surface area contributed by atoms with Crippen LogP contribution in [-0.4, -0.2) is 0 Å². The van der Waals surface area contributed by atoms with E-state index in [1.165, 1.54) is 11.1 Å². The van der Waals surface area contributed by atoms with Crippen LogP contribution in [0.3, 0.4) is 0 Å². The van der Waals surface area contributed by atoms with Crippen LogP contribution in [0.2, 0.25) is 0 Å². The highest BCUT2D eigenvalue weighted by Crippen LogP contribution is 2.42. The topological polar surface area (TPSA) is 13.1 Å². The number of thiol groups is 1. The highest BCUT2D eigenvalue weighted by molar-refractivity contribution is 7.80. The lowest BCUT2D eigenvalue weighted by atomic mass is 9.83. The Kier molecular flexibility index (Phi) is 4.82. The molecule has 0 radical (unpaired) electrons. The molecule has 2 aliphatic carbocycles. The van der Waals surface area contributed by atoms with Gasteiger partial charge in [0.25, 0.3) is 0 Å². The molecule has 0 amide bonds. The molecule has 1 heterocycles. The zero-order valence-electron chi connectivity index (χ0n) is 18.0. The summed E-state index contributed by atoms with van der Waals surface area (Å²) in [4.78, 5) is 0.969. The van der Waals surface area contributed by atoms with Crippen LogP contribution in [-0.2, 0) is 0 Å². The molecule has 158 valence electrons. The van der Waals surface area contributed by atoms with Gasteiger partial charge in [-0.05, 0) is 51.6 Å². The molecule has 0 aliphatic heterocycles. The van der Waals surface area contributed by atoms with Gasteiger partial charge in [0, 0.05) is 21.6 Å². The van der Waals surface area contributed by atoms with Crippen LogP contribution in [0.1, 0.15) is 16.7 Å². The third-order valence-electron chi connectivity index (χ3n) is 6.46. The lowest BCUT2D eigenvalue weighted by Crippen LogP contribution is -2.05. The van der Waals surface area contributed by atoms with Gasteiger partial charge in [-0.1, -0.05) is 97.7 Å². The van der Waals surface area contributed by atoms with Crippen molar-refractivity contribution in [2.24, 2.45) is 5.92 Å². The minimum absolute atomic E-state index is 0.287. The third kappa shape index (κ3) is 3.26. The highest BCUT2D eigenvalue weighted by atomic mass is 32.1. The minimum Gasteiger partial charge on any atom is -0.456 e. The van der Waals surface area contributed by atoms with E-state index in [2.05, 4.69) is 91.6 Å². The summed E-state index contributed by atoms with van der Waals surface area (Å²) >= 11 is 5.04. The molecule has 1 aromatic heterocycles. The number of benzene rings is 3. The number of fused-ring (bicyclic) bond motifs is 4. The highest BCUT2D eigenvalue weighted by Gasteiger charge is 2.23. The molecule has 2 heteroatoms. The van der Waals surface area contributed by atoms with Gasteiger partial charge in [0.2, 0.25) is 0 Å². The summed E-state index contributed by atoms with van der Waals surface area (Å²) in [6, 6.07) is 21.0. The van der Waals surface area contributed by atoms with Crippen LogP contribution in [0, 0.1) is 5.92 Å². The summed E-state index contributed by atoms with van der Waals surface area (Å²) in [5.41, 5.74) is 8.76. The molecule has 6 rings (SSSR count). The quantitative estimate of drug-likeness (QED) is 0.247. The van der Waals surface area contributed by atoms with Crippen molar-refractivity contribution >= 4 is 45.7 Å². The summed E-state index contributed by atoms with van der Waals surface area (Å²) in [6.45, 7) is 3.97. The molecular formula is C31H22OS. The van der Waals surface area contributed by atoms with E-state index in [4.69, 9.17) is 17.0 Å². The third-order valence-corrected chi connectivity index (χ3v) is 6.94. The summed E-state index contributed by atoms with van der Waals surface area (Å²) in [5.74, 6) is 0.287. The Morgan fingerprint density at radius 2 is 1.79 bits per heavy atom. The van der Waals surface area contributed by atoms with E-state index in [-0.39, 0.29) is 5.92 Å². The van der Waals surface area contributed by atoms with E-state index < -0.39 is 0 Å². The Hall–Kier alpha value is -3.75. The van der Waals surface area contributed by atoms with E-state index >= 15 is 0 Å². The minimum atomic E-state index is 0.287. The normalized spacial score (nSPS) is 17.4. The lowest BCUT2D eigenvalue weighted by Gasteiger charge is -2.22. The molecular weight excluding hydrogens is 420 g/mol. The molecule has 33 heavy (non-hydrogen) atoms. The van der Waals surface area contributed by atoms with Gasteiger partial charge in [0.05, 0.1) is 0 Å². The Labute approximate surface area is 198 Å². The van der Waals surface area contributed by atoms with E-state index in [9.17, 15) is 0 Å². The van der Waals surface area contributed by atoms with Crippen molar-refractivity contribution in [2.75, 3.05) is 0 Å². The lowest BCUT2D eigenvalue weighted by molar-refractivity contribution is 0.669. The summed E-state index contributed by atoms with van der Waals surface area (Å²) in [6.07, 6.45) is 17.0. The monoisotopic (exact) mass is 442 g/mol. The first-order chi connectivity index (χ1) is 16.2. The zero-order valence-corrected chi connectivity index (χ0v) is 18.9. The van der Waals surface area contributed by atoms with Crippen molar-refractivity contribution in [3.63, 3.8) is 0 Å². The van der Waals surface area contributed by atoms with Gasteiger partial charge in [-0.2, -0.15) is 0 Å². The molecule has 0 saturated heterocycles. The van der Waals surface area contributed by atoms with Crippen molar-refractivity contribution in [1.29, 1.82) is 0 Å². The van der Waals surface area contributed by atoms with Gasteiger partial charge in [-0.3, -0.25) is 0 Å². The number of hydrogen-bond acceptors (Lipinski definition) is 2. The summed E-state index contributed by atoms with van der Waals surface area (Å²) < 4.78 is 6.15. The second-order valence-corrected chi connectivity index (χ2v) is 8.78. The second-order valence-electron chi connectivity index (χ2n) is 8.34. The average molecular weight is 443 g/mol. The van der Waals surface area contributed by atoms with Gasteiger partial charge in [0.1, 0.15) is 11.2 Å². The first kappa shape index (κ1) is 19.9. The van der Waals surface area contributed by atoms with Crippen LogP contribution in [0.4, 0.5) is 0 Å². The predicted molar refractivity (Wildman–Crippen MR) is 143 cm³/mol. The molecule has 0 spiro atoms. The summed E-state index contributed by atoms with van der Waals surface area (Å²) in [5, 5.41) is 2.26. The fourth-order valence-corrected chi connectivity index (χ4v) is 5.30. The maximum absolute atomic E-state index is 6.15. The van der Waals surface area contributed by atoms with E-state index in [0.717, 1.165) is 49.1 Å². The molecule has 0 N–H and O–H groups in total. The number of rotatable bonds is 4. The van der Waals surface area contributed by atoms with Crippen LogP contribution in [0.5, 0.6) is 0 Å². The van der Waals surface area contributed by atoms with Crippen molar-refractivity contribution in [3.8, 4) is 0 Å². The molecule has 1 atom stereocenters. The SMILES string of the molecule is C=C/C=C(/c1ccc2c(c1)oc1ccccc12)c1cccc(C2=CC=CC3=CC=CC32)c1S. The van der Waals surface area contributed by atoms with Gasteiger partial charge < -0.3 is 4.42 Å². The number of furan rings is 1. The van der Waals surface area contributed by atoms with Crippen molar-refractivity contribution in [1.82, 2.24) is 0 Å². The molecule has 4 aromatic rings. The standard InChI is InChI=1S/C31H22OS/c1-2-8-22(21-17-18-26-25-11-3-4-16-29(25)32-30(26)19-21)27-14-7-15-28(31(27)33)24-13-6-10-20-9-5-12-23(20)24/h2-19,23,33H,1H2/b22-8-. The molecule has 1 unspecified atom stereocenters. The van der Waals surface area contributed by atoms with Crippen molar-refractivity contribution < 1.29 is 4.42 Å².